The van der Waals surface area contributed by atoms with Crippen LogP contribution in [0.15, 0.2) is 6.20 Å². The molecule has 1 aromatic heterocycles. The Balaban J connectivity index is 0.000000442. The van der Waals surface area contributed by atoms with Crippen LogP contribution in [-0.2, 0) is 12.8 Å². The Labute approximate surface area is 170 Å². The normalized spacial score (nSPS) is 46.7. The van der Waals surface area contributed by atoms with Crippen LogP contribution in [0.3, 0.4) is 0 Å². The van der Waals surface area contributed by atoms with E-state index in [4.69, 9.17) is 5.11 Å². The molecule has 4 aliphatic rings. The molecule has 4 heteroatoms. The van der Waals surface area contributed by atoms with Gasteiger partial charge in [0.05, 0.1) is 11.8 Å². The van der Waals surface area contributed by atoms with Gasteiger partial charge in [0.25, 0.3) is 0 Å². The number of nitrogens with zero attached hydrogens (tertiary/aromatic N) is 1. The van der Waals surface area contributed by atoms with E-state index in [1.165, 1.54) is 56.2 Å². The summed E-state index contributed by atoms with van der Waals surface area (Å²) in [7, 11) is 0. The topological polar surface area (TPSA) is 69.1 Å². The van der Waals surface area contributed by atoms with E-state index in [1.807, 2.05) is 0 Å². The Hall–Kier alpha value is -0.870. The number of aliphatic hydroxyl groups excluding tert-OH is 1. The first kappa shape index (κ1) is 20.4. The summed E-state index contributed by atoms with van der Waals surface area (Å²) in [5.41, 5.74) is 3.01. The summed E-state index contributed by atoms with van der Waals surface area (Å²) in [5, 5.41) is 26.7. The molecule has 28 heavy (non-hydrogen) atoms. The number of rotatable bonds is 0. The molecule has 0 aromatic carbocycles. The molecule has 0 radical (unpaired) electrons. The summed E-state index contributed by atoms with van der Waals surface area (Å²) in [6.07, 6.45) is 11.8. The molecule has 1 heterocycles. The molecule has 3 fully saturated rings. The maximum atomic E-state index is 11.0. The SMILES string of the molecule is CC(C)O.C[C@]12Cc3cn[nH]c3C[C@@H]1CC[C@@H]1[C@@H]2CC[C@@]2(C)[C@H]1CC[C@]2(C)O. The van der Waals surface area contributed by atoms with Crippen LogP contribution in [0.25, 0.3) is 0 Å². The van der Waals surface area contributed by atoms with Gasteiger partial charge < -0.3 is 10.2 Å². The first-order valence-corrected chi connectivity index (χ1v) is 11.5. The number of H-pyrrole nitrogens is 1. The molecule has 3 N–H and O–H groups in total. The fraction of sp³-hybridized carbons (Fsp3) is 0.875. The number of fused-ring (bicyclic) bond motifs is 6. The van der Waals surface area contributed by atoms with Crippen LogP contribution < -0.4 is 0 Å². The van der Waals surface area contributed by atoms with Gasteiger partial charge in [0.15, 0.2) is 0 Å². The van der Waals surface area contributed by atoms with E-state index in [2.05, 4.69) is 37.2 Å². The second-order valence-corrected chi connectivity index (χ2v) is 11.3. The fourth-order valence-electron chi connectivity index (χ4n) is 7.71. The third-order valence-corrected chi connectivity index (χ3v) is 9.46. The van der Waals surface area contributed by atoms with Crippen molar-refractivity contribution in [2.24, 2.45) is 34.5 Å². The second-order valence-electron chi connectivity index (χ2n) is 11.3. The highest BCUT2D eigenvalue weighted by atomic mass is 16.3. The molecule has 4 aliphatic carbocycles. The van der Waals surface area contributed by atoms with Crippen LogP contribution in [0.1, 0.15) is 84.4 Å². The molecule has 158 valence electrons. The maximum Gasteiger partial charge on any atom is 0.0675 e. The van der Waals surface area contributed by atoms with Gasteiger partial charge in [0.2, 0.25) is 0 Å². The van der Waals surface area contributed by atoms with E-state index >= 15 is 0 Å². The van der Waals surface area contributed by atoms with Crippen LogP contribution in [-0.4, -0.2) is 32.1 Å². The van der Waals surface area contributed by atoms with Crippen molar-refractivity contribution in [1.82, 2.24) is 10.2 Å². The molecule has 7 atom stereocenters. The number of aromatic amines is 1. The number of aliphatic hydroxyl groups is 2. The zero-order valence-corrected chi connectivity index (χ0v) is 18.5. The smallest absolute Gasteiger partial charge is 0.0675 e. The Bertz CT molecular complexity index is 708. The summed E-state index contributed by atoms with van der Waals surface area (Å²) < 4.78 is 0. The van der Waals surface area contributed by atoms with Gasteiger partial charge in [-0.3, -0.25) is 5.10 Å². The zero-order valence-electron chi connectivity index (χ0n) is 18.5. The highest BCUT2D eigenvalue weighted by molar-refractivity contribution is 5.26. The van der Waals surface area contributed by atoms with Gasteiger partial charge in [0.1, 0.15) is 0 Å². The summed E-state index contributed by atoms with van der Waals surface area (Å²) in [6.45, 7) is 10.5. The average molecular weight is 389 g/mol. The molecule has 5 rings (SSSR count). The van der Waals surface area contributed by atoms with Crippen molar-refractivity contribution in [1.29, 1.82) is 0 Å². The van der Waals surface area contributed by atoms with Gasteiger partial charge in [-0.25, -0.2) is 0 Å². The number of aromatic nitrogens is 2. The lowest BCUT2D eigenvalue weighted by atomic mass is 9.44. The number of nitrogens with one attached hydrogen (secondary N) is 1. The lowest BCUT2D eigenvalue weighted by Crippen LogP contribution is -2.56. The van der Waals surface area contributed by atoms with Crippen LogP contribution in [0.4, 0.5) is 0 Å². The van der Waals surface area contributed by atoms with Gasteiger partial charge in [-0.1, -0.05) is 13.8 Å². The van der Waals surface area contributed by atoms with E-state index in [0.717, 1.165) is 30.1 Å². The highest BCUT2D eigenvalue weighted by Crippen LogP contribution is 2.67. The third-order valence-electron chi connectivity index (χ3n) is 9.46. The summed E-state index contributed by atoms with van der Waals surface area (Å²) in [6, 6.07) is 0. The van der Waals surface area contributed by atoms with Crippen LogP contribution in [0, 0.1) is 34.5 Å². The lowest BCUT2D eigenvalue weighted by Gasteiger charge is -2.60. The molecule has 3 saturated carbocycles. The second kappa shape index (κ2) is 6.84. The van der Waals surface area contributed by atoms with Gasteiger partial charge >= 0.3 is 0 Å². The van der Waals surface area contributed by atoms with Gasteiger partial charge in [-0.15, -0.1) is 0 Å². The van der Waals surface area contributed by atoms with Crippen molar-refractivity contribution in [3.63, 3.8) is 0 Å². The average Bonchev–Trinajstić information content (AvgIpc) is 3.13. The quantitative estimate of drug-likeness (QED) is 0.613. The van der Waals surface area contributed by atoms with E-state index in [9.17, 15) is 5.11 Å². The minimum Gasteiger partial charge on any atom is -0.394 e. The molecule has 0 bridgehead atoms. The molecule has 0 amide bonds. The molecule has 0 saturated heterocycles. The minimum atomic E-state index is -0.454. The molecule has 4 nitrogen and oxygen atoms in total. The lowest BCUT2D eigenvalue weighted by molar-refractivity contribution is -0.139. The molecule has 0 unspecified atom stereocenters. The molecule has 1 aromatic rings. The zero-order chi connectivity index (χ0) is 20.3. The van der Waals surface area contributed by atoms with E-state index < -0.39 is 5.60 Å². The number of hydrogen-bond acceptors (Lipinski definition) is 3. The Morgan fingerprint density at radius 1 is 1.07 bits per heavy atom. The van der Waals surface area contributed by atoms with Crippen LogP contribution >= 0.6 is 0 Å². The molecular weight excluding hydrogens is 348 g/mol. The molecule has 0 spiro atoms. The summed E-state index contributed by atoms with van der Waals surface area (Å²) in [4.78, 5) is 0. The first-order chi connectivity index (χ1) is 13.1. The van der Waals surface area contributed by atoms with Crippen LogP contribution in [0.5, 0.6) is 0 Å². The monoisotopic (exact) mass is 388 g/mol. The Morgan fingerprint density at radius 2 is 1.75 bits per heavy atom. The van der Waals surface area contributed by atoms with Crippen molar-refractivity contribution in [2.45, 2.75) is 97.7 Å². The Morgan fingerprint density at radius 3 is 2.46 bits per heavy atom. The van der Waals surface area contributed by atoms with E-state index in [0.29, 0.717) is 5.41 Å². The molecular formula is C24H40N2O2. The molecule has 0 aliphatic heterocycles. The predicted molar refractivity (Wildman–Crippen MR) is 112 cm³/mol. The van der Waals surface area contributed by atoms with Crippen molar-refractivity contribution in [3.8, 4) is 0 Å². The summed E-state index contributed by atoms with van der Waals surface area (Å²) in [5.74, 6) is 3.21. The van der Waals surface area contributed by atoms with Gasteiger partial charge in [-0.2, -0.15) is 5.10 Å². The summed E-state index contributed by atoms with van der Waals surface area (Å²) >= 11 is 0. The number of hydrogen-bond donors (Lipinski definition) is 3. The third kappa shape index (κ3) is 2.98. The first-order valence-electron chi connectivity index (χ1n) is 11.5. The minimum absolute atomic E-state index is 0.146. The standard InChI is InChI=1S/C21H32N2O.C3H8O/c1-19-11-13-12-22-23-18(13)10-14(19)4-5-15-16(19)6-8-20(2)17(15)7-9-21(20,3)24;1-3(2)4/h12,14-17,24H,4-11H2,1-3H3,(H,22,23);3-4H,1-2H3/t14-,15+,16-,17-,19-,20-,21-;/m0./s1. The van der Waals surface area contributed by atoms with E-state index in [1.54, 1.807) is 13.8 Å². The highest BCUT2D eigenvalue weighted by Gasteiger charge is 2.63. The van der Waals surface area contributed by atoms with Crippen molar-refractivity contribution < 1.29 is 10.2 Å². The fourth-order valence-corrected chi connectivity index (χ4v) is 7.71. The van der Waals surface area contributed by atoms with Crippen molar-refractivity contribution in [2.75, 3.05) is 0 Å². The maximum absolute atomic E-state index is 11.0. The van der Waals surface area contributed by atoms with Crippen molar-refractivity contribution in [3.05, 3.63) is 17.5 Å². The van der Waals surface area contributed by atoms with Gasteiger partial charge in [-0.05, 0) is 112 Å². The van der Waals surface area contributed by atoms with Crippen molar-refractivity contribution >= 4 is 0 Å². The van der Waals surface area contributed by atoms with Crippen LogP contribution in [0.2, 0.25) is 0 Å². The van der Waals surface area contributed by atoms with Gasteiger partial charge in [0, 0.05) is 11.8 Å². The predicted octanol–water partition coefficient (Wildman–Crippen LogP) is 4.51. The van der Waals surface area contributed by atoms with E-state index in [-0.39, 0.29) is 11.5 Å². The Kier molecular flexibility index (Phi) is 4.98. The largest absolute Gasteiger partial charge is 0.394 e.